The van der Waals surface area contributed by atoms with Gasteiger partial charge in [-0.05, 0) is 38.2 Å². The van der Waals surface area contributed by atoms with Crippen LogP contribution < -0.4 is 5.32 Å². The number of benzene rings is 1. The lowest BCUT2D eigenvalue weighted by Crippen LogP contribution is -2.40. The molecule has 2 atom stereocenters. The minimum absolute atomic E-state index is 0.0163. The predicted molar refractivity (Wildman–Crippen MR) is 124 cm³/mol. The summed E-state index contributed by atoms with van der Waals surface area (Å²) in [5.41, 5.74) is 1.26. The highest BCUT2D eigenvalue weighted by atomic mass is 19.1. The van der Waals surface area contributed by atoms with Crippen molar-refractivity contribution in [1.82, 2.24) is 19.9 Å². The molecule has 1 amide bonds. The van der Waals surface area contributed by atoms with Gasteiger partial charge >= 0.3 is 0 Å². The number of rotatable bonds is 5. The van der Waals surface area contributed by atoms with E-state index in [2.05, 4.69) is 25.2 Å². The Morgan fingerprint density at radius 1 is 1.12 bits per heavy atom. The molecular weight excluding hydrogens is 440 g/mol. The van der Waals surface area contributed by atoms with E-state index in [1.165, 1.54) is 18.6 Å². The number of morpholine rings is 1. The Hall–Kier alpha value is -3.30. The average Bonchev–Trinajstić information content (AvgIpc) is 2.80. The zero-order valence-corrected chi connectivity index (χ0v) is 19.5. The number of nitrogens with one attached hydrogen (secondary N) is 1. The average molecular weight is 468 g/mol. The van der Waals surface area contributed by atoms with Crippen molar-refractivity contribution < 1.29 is 18.3 Å². The molecule has 178 valence electrons. The number of aromatic nitrogens is 3. The first kappa shape index (κ1) is 23.8. The molecule has 1 aliphatic heterocycles. The first-order valence-corrected chi connectivity index (χ1v) is 11.1. The first-order valence-electron chi connectivity index (χ1n) is 11.1. The Labute approximate surface area is 197 Å². The molecule has 34 heavy (non-hydrogen) atoms. The van der Waals surface area contributed by atoms with Crippen molar-refractivity contribution in [1.29, 1.82) is 0 Å². The molecule has 0 saturated carbocycles. The summed E-state index contributed by atoms with van der Waals surface area (Å²) in [4.78, 5) is 28.2. The van der Waals surface area contributed by atoms with Gasteiger partial charge in [-0.15, -0.1) is 0 Å². The molecule has 0 spiro atoms. The van der Waals surface area contributed by atoms with Crippen LogP contribution >= 0.6 is 0 Å². The number of likely N-dealkylation sites (N-methyl/N-ethyl adjacent to an activating group) is 1. The standard InChI is InChI=1S/C25H27F2N5O2/c1-14(2)24-29-10-16(11-30-24)25(33)31-22-18(19-9-17(26)5-6-20(19)27)7-8-28-23(22)21-13-32(4)12-15(3)34-21/h5-11,14-15,21H,12-13H2,1-4H3,(H,31,33)/t15-,21?/m1/s1. The number of anilines is 1. The van der Waals surface area contributed by atoms with Crippen molar-refractivity contribution in [3.8, 4) is 11.1 Å². The quantitative estimate of drug-likeness (QED) is 0.592. The molecular formula is C25H27F2N5O2. The van der Waals surface area contributed by atoms with E-state index in [9.17, 15) is 13.6 Å². The molecule has 0 bridgehead atoms. The van der Waals surface area contributed by atoms with Gasteiger partial charge in [0.2, 0.25) is 0 Å². The monoisotopic (exact) mass is 467 g/mol. The van der Waals surface area contributed by atoms with E-state index in [1.807, 2.05) is 27.8 Å². The van der Waals surface area contributed by atoms with Crippen LogP contribution in [0, 0.1) is 11.6 Å². The molecule has 1 aromatic carbocycles. The van der Waals surface area contributed by atoms with Gasteiger partial charge in [0.05, 0.1) is 23.0 Å². The van der Waals surface area contributed by atoms with Crippen LogP contribution in [0.2, 0.25) is 0 Å². The number of hydrogen-bond donors (Lipinski definition) is 1. The Balaban J connectivity index is 1.79. The van der Waals surface area contributed by atoms with E-state index in [4.69, 9.17) is 4.74 Å². The fourth-order valence-corrected chi connectivity index (χ4v) is 4.03. The van der Waals surface area contributed by atoms with Crippen LogP contribution in [-0.2, 0) is 4.74 Å². The molecule has 1 fully saturated rings. The fourth-order valence-electron chi connectivity index (χ4n) is 4.03. The second-order valence-corrected chi connectivity index (χ2v) is 8.84. The van der Waals surface area contributed by atoms with Crippen molar-refractivity contribution in [3.63, 3.8) is 0 Å². The molecule has 0 aliphatic carbocycles. The van der Waals surface area contributed by atoms with Gasteiger partial charge in [-0.25, -0.2) is 18.7 Å². The minimum Gasteiger partial charge on any atom is -0.366 e. The summed E-state index contributed by atoms with van der Waals surface area (Å²) in [5, 5.41) is 2.85. The third-order valence-corrected chi connectivity index (χ3v) is 5.64. The highest BCUT2D eigenvalue weighted by molar-refractivity contribution is 6.06. The number of pyridine rings is 1. The number of halogens is 2. The maximum absolute atomic E-state index is 14.8. The molecule has 3 heterocycles. The van der Waals surface area contributed by atoms with E-state index >= 15 is 0 Å². The van der Waals surface area contributed by atoms with E-state index in [1.54, 1.807) is 6.07 Å². The topological polar surface area (TPSA) is 80.2 Å². The highest BCUT2D eigenvalue weighted by Gasteiger charge is 2.30. The van der Waals surface area contributed by atoms with Crippen molar-refractivity contribution in [3.05, 3.63) is 71.6 Å². The zero-order valence-electron chi connectivity index (χ0n) is 19.5. The Morgan fingerprint density at radius 2 is 1.85 bits per heavy atom. The van der Waals surface area contributed by atoms with E-state index < -0.39 is 23.6 Å². The number of amides is 1. The minimum atomic E-state index is -0.617. The van der Waals surface area contributed by atoms with Gasteiger partial charge in [0, 0.05) is 48.7 Å². The predicted octanol–water partition coefficient (Wildman–Crippen LogP) is 4.58. The normalized spacial score (nSPS) is 18.8. The lowest BCUT2D eigenvalue weighted by Gasteiger charge is -2.35. The summed E-state index contributed by atoms with van der Waals surface area (Å²) < 4.78 is 34.9. The Bertz CT molecular complexity index is 1180. The molecule has 1 aliphatic rings. The van der Waals surface area contributed by atoms with Crippen molar-refractivity contribution in [2.45, 2.75) is 38.9 Å². The molecule has 4 rings (SSSR count). The molecule has 3 aromatic rings. The largest absolute Gasteiger partial charge is 0.366 e. The summed E-state index contributed by atoms with van der Waals surface area (Å²) in [6, 6.07) is 4.75. The first-order chi connectivity index (χ1) is 16.2. The second-order valence-electron chi connectivity index (χ2n) is 8.84. The van der Waals surface area contributed by atoms with E-state index in [-0.39, 0.29) is 28.8 Å². The van der Waals surface area contributed by atoms with Gasteiger partial charge in [0.25, 0.3) is 5.91 Å². The highest BCUT2D eigenvalue weighted by Crippen LogP contribution is 2.37. The second kappa shape index (κ2) is 9.90. The van der Waals surface area contributed by atoms with Crippen LogP contribution in [0.4, 0.5) is 14.5 Å². The van der Waals surface area contributed by atoms with Gasteiger partial charge in [-0.2, -0.15) is 0 Å². The molecule has 1 N–H and O–H groups in total. The Kier molecular flexibility index (Phi) is 6.95. The number of carbonyl (C=O) groups is 1. The lowest BCUT2D eigenvalue weighted by atomic mass is 9.99. The number of carbonyl (C=O) groups excluding carboxylic acids is 1. The smallest absolute Gasteiger partial charge is 0.258 e. The molecule has 0 radical (unpaired) electrons. The third-order valence-electron chi connectivity index (χ3n) is 5.64. The van der Waals surface area contributed by atoms with Crippen LogP contribution in [0.15, 0.2) is 42.9 Å². The van der Waals surface area contributed by atoms with Gasteiger partial charge in [-0.1, -0.05) is 13.8 Å². The number of ether oxygens (including phenoxy) is 1. The van der Waals surface area contributed by atoms with Crippen LogP contribution in [-0.4, -0.2) is 52.0 Å². The van der Waals surface area contributed by atoms with Crippen LogP contribution in [0.3, 0.4) is 0 Å². The van der Waals surface area contributed by atoms with Crippen molar-refractivity contribution in [2.24, 2.45) is 0 Å². The van der Waals surface area contributed by atoms with Gasteiger partial charge in [0.1, 0.15) is 23.6 Å². The van der Waals surface area contributed by atoms with Crippen molar-refractivity contribution >= 4 is 11.6 Å². The SMILES string of the molecule is CC(C)c1ncc(C(=O)Nc2c(-c3cc(F)ccc3F)ccnc2C2CN(C)C[C@@H](C)O2)cn1. The molecule has 2 aromatic heterocycles. The Morgan fingerprint density at radius 3 is 2.53 bits per heavy atom. The van der Waals surface area contributed by atoms with Gasteiger partial charge < -0.3 is 15.0 Å². The maximum Gasteiger partial charge on any atom is 0.258 e. The zero-order chi connectivity index (χ0) is 24.4. The maximum atomic E-state index is 14.8. The summed E-state index contributed by atoms with van der Waals surface area (Å²) in [6.07, 6.45) is 3.86. The van der Waals surface area contributed by atoms with E-state index in [0.717, 1.165) is 24.7 Å². The van der Waals surface area contributed by atoms with Crippen LogP contribution in [0.5, 0.6) is 0 Å². The molecule has 9 heteroatoms. The third kappa shape index (κ3) is 5.10. The lowest BCUT2D eigenvalue weighted by molar-refractivity contribution is -0.0729. The molecule has 7 nitrogen and oxygen atoms in total. The molecule has 1 unspecified atom stereocenters. The van der Waals surface area contributed by atoms with Gasteiger partial charge in [-0.3, -0.25) is 9.78 Å². The summed E-state index contributed by atoms with van der Waals surface area (Å²) in [5.74, 6) is -0.957. The van der Waals surface area contributed by atoms with E-state index in [0.29, 0.717) is 23.6 Å². The van der Waals surface area contributed by atoms with Crippen LogP contribution in [0.1, 0.15) is 54.7 Å². The summed E-state index contributed by atoms with van der Waals surface area (Å²) in [6.45, 7) is 7.14. The summed E-state index contributed by atoms with van der Waals surface area (Å²) >= 11 is 0. The fraction of sp³-hybridized carbons (Fsp3) is 0.360. The number of hydrogen-bond acceptors (Lipinski definition) is 6. The summed E-state index contributed by atoms with van der Waals surface area (Å²) in [7, 11) is 1.97. The van der Waals surface area contributed by atoms with Gasteiger partial charge in [0.15, 0.2) is 0 Å². The number of nitrogens with zero attached hydrogens (tertiary/aromatic N) is 4. The molecule has 1 saturated heterocycles. The van der Waals surface area contributed by atoms with Crippen LogP contribution in [0.25, 0.3) is 11.1 Å². The van der Waals surface area contributed by atoms with Crippen molar-refractivity contribution in [2.75, 3.05) is 25.5 Å².